The summed E-state index contributed by atoms with van der Waals surface area (Å²) in [6.07, 6.45) is 5.14. The molecule has 0 N–H and O–H groups in total. The van der Waals surface area contributed by atoms with Crippen molar-refractivity contribution >= 4 is 23.2 Å². The molecule has 0 saturated carbocycles. The fourth-order valence-electron chi connectivity index (χ4n) is 3.84. The quantitative estimate of drug-likeness (QED) is 0.289. The first kappa shape index (κ1) is 20.9. The van der Waals surface area contributed by atoms with Crippen molar-refractivity contribution < 1.29 is 4.74 Å². The van der Waals surface area contributed by atoms with Gasteiger partial charge in [0.05, 0.1) is 17.6 Å². The smallest absolute Gasteiger partial charge is 0.133 e. The molecule has 4 rings (SSSR count). The van der Waals surface area contributed by atoms with Gasteiger partial charge in [0.1, 0.15) is 11.6 Å². The van der Waals surface area contributed by atoms with Crippen LogP contribution < -0.4 is 4.74 Å². The summed E-state index contributed by atoms with van der Waals surface area (Å²) in [6, 6.07) is 25.2. The summed E-state index contributed by atoms with van der Waals surface area (Å²) in [5.74, 6) is 2.43. The lowest BCUT2D eigenvalue weighted by Gasteiger charge is -2.15. The van der Waals surface area contributed by atoms with Crippen molar-refractivity contribution in [3.8, 4) is 5.75 Å². The maximum absolute atomic E-state index is 6.21. The van der Waals surface area contributed by atoms with E-state index in [1.54, 1.807) is 0 Å². The molecule has 31 heavy (non-hydrogen) atoms. The predicted molar refractivity (Wildman–Crippen MR) is 130 cm³/mol. The number of rotatable bonds is 8. The molecule has 158 valence electrons. The summed E-state index contributed by atoms with van der Waals surface area (Å²) in [5, 5.41) is 0. The molecule has 0 fully saturated rings. The van der Waals surface area contributed by atoms with Gasteiger partial charge in [0, 0.05) is 6.54 Å². The molecule has 0 aliphatic carbocycles. The largest absolute Gasteiger partial charge is 0.493 e. The molecule has 1 aromatic heterocycles. The number of imidazole rings is 1. The number of fused-ring (bicyclic) bond motifs is 1. The third-order valence-electron chi connectivity index (χ3n) is 5.48. The Labute approximate surface area is 185 Å². The summed E-state index contributed by atoms with van der Waals surface area (Å²) in [4.78, 5) is 4.85. The first-order chi connectivity index (χ1) is 15.1. The lowest BCUT2D eigenvalue weighted by atomic mass is 10.0. The van der Waals surface area contributed by atoms with E-state index in [2.05, 4.69) is 98.2 Å². The molecule has 4 aromatic rings. The highest BCUT2D eigenvalue weighted by Crippen LogP contribution is 2.27. The van der Waals surface area contributed by atoms with Crippen LogP contribution in [-0.4, -0.2) is 16.2 Å². The first-order valence-corrected chi connectivity index (χ1v) is 11.0. The molecule has 0 aliphatic heterocycles. The van der Waals surface area contributed by atoms with Gasteiger partial charge in [-0.2, -0.15) is 0 Å². The summed E-state index contributed by atoms with van der Waals surface area (Å²) in [5.41, 5.74) is 5.86. The normalized spacial score (nSPS) is 11.6. The van der Waals surface area contributed by atoms with Crippen molar-refractivity contribution in [2.24, 2.45) is 0 Å². The van der Waals surface area contributed by atoms with E-state index < -0.39 is 0 Å². The monoisotopic (exact) mass is 410 g/mol. The molecule has 0 unspecified atom stereocenters. The highest BCUT2D eigenvalue weighted by molar-refractivity contribution is 5.79. The summed E-state index contributed by atoms with van der Waals surface area (Å²) in [7, 11) is 0. The molecule has 0 radical (unpaired) electrons. The Hall–Kier alpha value is -3.33. The Morgan fingerprint density at radius 3 is 2.52 bits per heavy atom. The van der Waals surface area contributed by atoms with Gasteiger partial charge in [-0.15, -0.1) is 0 Å². The van der Waals surface area contributed by atoms with Crippen molar-refractivity contribution in [3.63, 3.8) is 0 Å². The summed E-state index contributed by atoms with van der Waals surface area (Å²) >= 11 is 0. The number of hydrogen-bond acceptors (Lipinski definition) is 2. The number of aryl methyl sites for hydroxylation is 2. The Kier molecular flexibility index (Phi) is 6.51. The van der Waals surface area contributed by atoms with E-state index in [0.717, 1.165) is 35.6 Å². The molecule has 1 heterocycles. The van der Waals surface area contributed by atoms with E-state index in [-0.39, 0.29) is 0 Å². The Bertz CT molecular complexity index is 1170. The van der Waals surface area contributed by atoms with Crippen LogP contribution in [0.4, 0.5) is 0 Å². The van der Waals surface area contributed by atoms with Gasteiger partial charge in [-0.3, -0.25) is 0 Å². The van der Waals surface area contributed by atoms with Crippen molar-refractivity contribution in [3.05, 3.63) is 95.3 Å². The minimum Gasteiger partial charge on any atom is -0.493 e. The van der Waals surface area contributed by atoms with Gasteiger partial charge in [0.15, 0.2) is 0 Å². The molecule has 0 spiro atoms. The molecule has 0 aliphatic rings. The van der Waals surface area contributed by atoms with E-state index in [4.69, 9.17) is 9.72 Å². The van der Waals surface area contributed by atoms with Gasteiger partial charge in [0.25, 0.3) is 0 Å². The topological polar surface area (TPSA) is 27.1 Å². The second kappa shape index (κ2) is 9.65. The number of nitrogens with zero attached hydrogens (tertiary/aromatic N) is 2. The standard InChI is InChI=1S/C28H30N2O/c1-21(2)24-16-14-22(3)20-27(24)31-19-9-18-30-26-13-8-7-12-25(26)29-28(30)17-15-23-10-5-4-6-11-23/h4-8,10-17,20-21H,9,18-19H2,1-3H3/b17-15+. The highest BCUT2D eigenvalue weighted by atomic mass is 16.5. The highest BCUT2D eigenvalue weighted by Gasteiger charge is 2.10. The second-order valence-electron chi connectivity index (χ2n) is 8.25. The molecule has 0 atom stereocenters. The Morgan fingerprint density at radius 1 is 0.935 bits per heavy atom. The van der Waals surface area contributed by atoms with Gasteiger partial charge >= 0.3 is 0 Å². The number of ether oxygens (including phenoxy) is 1. The van der Waals surface area contributed by atoms with Crippen molar-refractivity contribution in [1.29, 1.82) is 0 Å². The minimum atomic E-state index is 0.447. The summed E-state index contributed by atoms with van der Waals surface area (Å²) < 4.78 is 8.50. The fraction of sp³-hybridized carbons (Fsp3) is 0.250. The van der Waals surface area contributed by atoms with Crippen LogP contribution in [0, 0.1) is 6.92 Å². The van der Waals surface area contributed by atoms with E-state index in [0.29, 0.717) is 12.5 Å². The SMILES string of the molecule is Cc1ccc(C(C)C)c(OCCCn2c(/C=C/c3ccccc3)nc3ccccc32)c1. The van der Waals surface area contributed by atoms with Crippen LogP contribution >= 0.6 is 0 Å². The molecule has 0 bridgehead atoms. The van der Waals surface area contributed by atoms with Crippen LogP contribution in [-0.2, 0) is 6.54 Å². The van der Waals surface area contributed by atoms with Crippen LogP contribution in [0.25, 0.3) is 23.2 Å². The average molecular weight is 411 g/mol. The Balaban J connectivity index is 1.50. The van der Waals surface area contributed by atoms with Gasteiger partial charge in [-0.25, -0.2) is 4.98 Å². The summed E-state index contributed by atoms with van der Waals surface area (Å²) in [6.45, 7) is 8.07. The van der Waals surface area contributed by atoms with Crippen LogP contribution in [0.1, 0.15) is 48.7 Å². The minimum absolute atomic E-state index is 0.447. The van der Waals surface area contributed by atoms with Crippen LogP contribution in [0.2, 0.25) is 0 Å². The molecular formula is C28H30N2O. The van der Waals surface area contributed by atoms with Gasteiger partial charge in [-0.05, 0) is 60.2 Å². The molecule has 3 nitrogen and oxygen atoms in total. The zero-order valence-corrected chi connectivity index (χ0v) is 18.6. The van der Waals surface area contributed by atoms with E-state index in [1.165, 1.54) is 16.7 Å². The van der Waals surface area contributed by atoms with Crippen LogP contribution in [0.3, 0.4) is 0 Å². The van der Waals surface area contributed by atoms with Crippen LogP contribution in [0.15, 0.2) is 72.8 Å². The average Bonchev–Trinajstić information content (AvgIpc) is 3.13. The molecule has 0 saturated heterocycles. The number of para-hydroxylation sites is 2. The second-order valence-corrected chi connectivity index (χ2v) is 8.25. The maximum atomic E-state index is 6.21. The third kappa shape index (κ3) is 5.05. The molecular weight excluding hydrogens is 380 g/mol. The van der Waals surface area contributed by atoms with E-state index in [9.17, 15) is 0 Å². The predicted octanol–water partition coefficient (Wildman–Crippen LogP) is 7.11. The van der Waals surface area contributed by atoms with Crippen molar-refractivity contribution in [1.82, 2.24) is 9.55 Å². The lowest BCUT2D eigenvalue weighted by molar-refractivity contribution is 0.298. The van der Waals surface area contributed by atoms with Crippen LogP contribution in [0.5, 0.6) is 5.75 Å². The maximum Gasteiger partial charge on any atom is 0.133 e. The molecule has 3 heteroatoms. The zero-order valence-electron chi connectivity index (χ0n) is 18.6. The molecule has 0 amide bonds. The Morgan fingerprint density at radius 2 is 1.71 bits per heavy atom. The van der Waals surface area contributed by atoms with Crippen molar-refractivity contribution in [2.45, 2.75) is 39.7 Å². The van der Waals surface area contributed by atoms with E-state index in [1.807, 2.05) is 12.1 Å². The fourth-order valence-corrected chi connectivity index (χ4v) is 3.84. The lowest BCUT2D eigenvalue weighted by Crippen LogP contribution is -2.07. The van der Waals surface area contributed by atoms with Gasteiger partial charge in [-0.1, -0.05) is 74.5 Å². The number of hydrogen-bond donors (Lipinski definition) is 0. The first-order valence-electron chi connectivity index (χ1n) is 11.0. The molecule has 3 aromatic carbocycles. The number of benzene rings is 3. The van der Waals surface area contributed by atoms with Gasteiger partial charge < -0.3 is 9.30 Å². The zero-order chi connectivity index (χ0) is 21.6. The van der Waals surface area contributed by atoms with Gasteiger partial charge in [0.2, 0.25) is 0 Å². The van der Waals surface area contributed by atoms with Crippen molar-refractivity contribution in [2.75, 3.05) is 6.61 Å². The van der Waals surface area contributed by atoms with E-state index >= 15 is 0 Å². The third-order valence-corrected chi connectivity index (χ3v) is 5.48. The number of aromatic nitrogens is 2.